The van der Waals surface area contributed by atoms with Crippen molar-refractivity contribution >= 4 is 16.8 Å². The fraction of sp³-hybridized carbons (Fsp3) is 0.375. The van der Waals surface area contributed by atoms with Crippen LogP contribution < -0.4 is 11.2 Å². The van der Waals surface area contributed by atoms with Gasteiger partial charge in [-0.3, -0.25) is 19.1 Å². The van der Waals surface area contributed by atoms with Crippen molar-refractivity contribution in [3.8, 4) is 0 Å². The molecule has 1 fully saturated rings. The Bertz CT molecular complexity index is 1150. The number of aryl methyl sites for hydroxylation is 1. The number of nitrogens with one attached hydrogen (secondary N) is 1. The molecule has 2 aromatic carbocycles. The van der Waals surface area contributed by atoms with Crippen molar-refractivity contribution < 1.29 is 4.79 Å². The zero-order chi connectivity index (χ0) is 21.1. The Hall–Kier alpha value is -3.15. The Morgan fingerprint density at radius 1 is 1.10 bits per heavy atom. The zero-order valence-corrected chi connectivity index (χ0v) is 17.2. The molecule has 3 aromatic rings. The molecule has 30 heavy (non-hydrogen) atoms. The molecule has 0 aliphatic carbocycles. The van der Waals surface area contributed by atoms with E-state index in [0.717, 1.165) is 25.8 Å². The molecule has 156 valence electrons. The van der Waals surface area contributed by atoms with Gasteiger partial charge < -0.3 is 4.90 Å². The highest BCUT2D eigenvalue weighted by molar-refractivity contribution is 5.79. The highest BCUT2D eigenvalue weighted by Crippen LogP contribution is 2.34. The number of aromatic nitrogens is 2. The highest BCUT2D eigenvalue weighted by atomic mass is 16.2. The van der Waals surface area contributed by atoms with E-state index < -0.39 is 11.2 Å². The minimum absolute atomic E-state index is 0.0639. The molecule has 2 heterocycles. The van der Waals surface area contributed by atoms with Crippen molar-refractivity contribution in [2.75, 3.05) is 6.54 Å². The minimum Gasteiger partial charge on any atom is -0.339 e. The fourth-order valence-electron chi connectivity index (χ4n) is 4.77. The van der Waals surface area contributed by atoms with Gasteiger partial charge in [0.05, 0.1) is 10.9 Å². The fourth-order valence-corrected chi connectivity index (χ4v) is 4.77. The number of benzene rings is 2. The third-order valence-corrected chi connectivity index (χ3v) is 6.21. The summed E-state index contributed by atoms with van der Waals surface area (Å²) in [4.78, 5) is 41.9. The molecule has 0 unspecified atom stereocenters. The van der Waals surface area contributed by atoms with E-state index in [1.165, 1.54) is 10.1 Å². The van der Waals surface area contributed by atoms with E-state index in [4.69, 9.17) is 0 Å². The molecule has 0 radical (unpaired) electrons. The number of rotatable bonds is 6. The van der Waals surface area contributed by atoms with Gasteiger partial charge in [0.2, 0.25) is 5.91 Å². The summed E-state index contributed by atoms with van der Waals surface area (Å²) >= 11 is 0. The lowest BCUT2D eigenvalue weighted by Crippen LogP contribution is -2.40. The highest BCUT2D eigenvalue weighted by Gasteiger charge is 2.34. The molecule has 1 aliphatic rings. The number of carbonyl (C=O) groups is 1. The molecule has 1 aromatic heterocycles. The van der Waals surface area contributed by atoms with Crippen molar-refractivity contribution in [1.29, 1.82) is 0 Å². The SMILES string of the molecule is CC[C@H](c1ccccc1)[C@H]1CCCN1C(=O)CCn1c(=O)[nH]c(=O)c2ccccc21. The lowest BCUT2D eigenvalue weighted by Gasteiger charge is -2.32. The second-order valence-corrected chi connectivity index (χ2v) is 7.90. The van der Waals surface area contributed by atoms with Gasteiger partial charge in [-0.15, -0.1) is 0 Å². The van der Waals surface area contributed by atoms with Crippen LogP contribution in [0.15, 0.2) is 64.2 Å². The average molecular weight is 405 g/mol. The number of nitrogens with zero attached hydrogens (tertiary/aromatic N) is 2. The summed E-state index contributed by atoms with van der Waals surface area (Å²) in [6.07, 6.45) is 3.21. The quantitative estimate of drug-likeness (QED) is 0.684. The van der Waals surface area contributed by atoms with Crippen LogP contribution in [0.3, 0.4) is 0 Å². The molecule has 6 nitrogen and oxygen atoms in total. The van der Waals surface area contributed by atoms with Crippen LogP contribution in [0.4, 0.5) is 0 Å². The second kappa shape index (κ2) is 8.69. The maximum Gasteiger partial charge on any atom is 0.328 e. The van der Waals surface area contributed by atoms with Gasteiger partial charge in [0.1, 0.15) is 0 Å². The number of likely N-dealkylation sites (tertiary alicyclic amines) is 1. The van der Waals surface area contributed by atoms with Crippen LogP contribution in [0.1, 0.15) is 44.1 Å². The second-order valence-electron chi connectivity index (χ2n) is 7.90. The number of fused-ring (bicyclic) bond motifs is 1. The van der Waals surface area contributed by atoms with Crippen molar-refractivity contribution in [3.05, 3.63) is 81.0 Å². The van der Waals surface area contributed by atoms with Gasteiger partial charge in [0.15, 0.2) is 0 Å². The van der Waals surface area contributed by atoms with Crippen LogP contribution in [0.25, 0.3) is 10.9 Å². The number of hydrogen-bond acceptors (Lipinski definition) is 3. The third-order valence-electron chi connectivity index (χ3n) is 6.21. The van der Waals surface area contributed by atoms with Gasteiger partial charge in [0, 0.05) is 31.5 Å². The number of carbonyl (C=O) groups excluding carboxylic acids is 1. The average Bonchev–Trinajstić information content (AvgIpc) is 3.24. The predicted molar refractivity (Wildman–Crippen MR) is 118 cm³/mol. The largest absolute Gasteiger partial charge is 0.339 e. The first-order chi connectivity index (χ1) is 14.6. The summed E-state index contributed by atoms with van der Waals surface area (Å²) in [6.45, 7) is 3.18. The molecule has 4 rings (SSSR count). The zero-order valence-electron chi connectivity index (χ0n) is 17.2. The molecule has 6 heteroatoms. The van der Waals surface area contributed by atoms with Crippen LogP contribution in [-0.2, 0) is 11.3 Å². The molecule has 0 saturated carbocycles. The first-order valence-corrected chi connectivity index (χ1v) is 10.7. The van der Waals surface area contributed by atoms with E-state index in [9.17, 15) is 14.4 Å². The molecule has 1 aliphatic heterocycles. The summed E-state index contributed by atoms with van der Waals surface area (Å²) in [5.41, 5.74) is 0.965. The van der Waals surface area contributed by atoms with E-state index in [0.29, 0.717) is 16.8 Å². The lowest BCUT2D eigenvalue weighted by molar-refractivity contribution is -0.132. The van der Waals surface area contributed by atoms with E-state index in [1.54, 1.807) is 24.3 Å². The Kier molecular flexibility index (Phi) is 5.84. The van der Waals surface area contributed by atoms with Gasteiger partial charge in [-0.1, -0.05) is 49.4 Å². The molecular formula is C24H27N3O3. The van der Waals surface area contributed by atoms with Crippen molar-refractivity contribution in [1.82, 2.24) is 14.5 Å². The summed E-state index contributed by atoms with van der Waals surface area (Å²) in [5, 5.41) is 0.457. The summed E-state index contributed by atoms with van der Waals surface area (Å²) < 4.78 is 1.49. The molecule has 1 amide bonds. The van der Waals surface area contributed by atoms with Gasteiger partial charge >= 0.3 is 5.69 Å². The van der Waals surface area contributed by atoms with Crippen LogP contribution in [0.5, 0.6) is 0 Å². The molecule has 0 bridgehead atoms. The van der Waals surface area contributed by atoms with Crippen molar-refractivity contribution in [2.45, 2.75) is 51.1 Å². The van der Waals surface area contributed by atoms with Crippen LogP contribution >= 0.6 is 0 Å². The molecular weight excluding hydrogens is 378 g/mol. The van der Waals surface area contributed by atoms with Crippen molar-refractivity contribution in [3.63, 3.8) is 0 Å². The lowest BCUT2D eigenvalue weighted by atomic mass is 9.87. The van der Waals surface area contributed by atoms with Gasteiger partial charge in [0.25, 0.3) is 5.56 Å². The molecule has 2 atom stereocenters. The van der Waals surface area contributed by atoms with E-state index in [-0.39, 0.29) is 24.9 Å². The number of aromatic amines is 1. The standard InChI is InChI=1S/C24H27N3O3/c1-2-18(17-9-4-3-5-10-17)20-13-8-15-26(20)22(28)14-16-27-21-12-7-6-11-19(21)23(29)25-24(27)30/h3-7,9-12,18,20H,2,8,13-16H2,1H3,(H,25,29,30)/t18-,20-/m1/s1. The van der Waals surface area contributed by atoms with E-state index in [1.807, 2.05) is 23.1 Å². The normalized spacial score (nSPS) is 17.4. The first-order valence-electron chi connectivity index (χ1n) is 10.7. The van der Waals surface area contributed by atoms with Crippen LogP contribution in [0.2, 0.25) is 0 Å². The first kappa shape index (κ1) is 20.1. The maximum absolute atomic E-state index is 13.1. The number of para-hydroxylation sites is 1. The summed E-state index contributed by atoms with van der Waals surface area (Å²) in [7, 11) is 0. The Labute approximate surface area is 175 Å². The van der Waals surface area contributed by atoms with Crippen LogP contribution in [0, 0.1) is 0 Å². The van der Waals surface area contributed by atoms with E-state index >= 15 is 0 Å². The molecule has 1 N–H and O–H groups in total. The maximum atomic E-state index is 13.1. The topological polar surface area (TPSA) is 75.2 Å². The Morgan fingerprint density at radius 2 is 1.83 bits per heavy atom. The monoisotopic (exact) mass is 405 g/mol. The number of H-pyrrole nitrogens is 1. The smallest absolute Gasteiger partial charge is 0.328 e. The van der Waals surface area contributed by atoms with Crippen LogP contribution in [-0.4, -0.2) is 32.9 Å². The summed E-state index contributed by atoms with van der Waals surface area (Å²) in [6, 6.07) is 17.6. The van der Waals surface area contributed by atoms with Gasteiger partial charge in [-0.05, 0) is 37.0 Å². The van der Waals surface area contributed by atoms with E-state index in [2.05, 4.69) is 24.0 Å². The van der Waals surface area contributed by atoms with Crippen molar-refractivity contribution in [2.24, 2.45) is 0 Å². The molecule has 1 saturated heterocycles. The number of amides is 1. The van der Waals surface area contributed by atoms with Gasteiger partial charge in [-0.2, -0.15) is 0 Å². The predicted octanol–water partition coefficient (Wildman–Crippen LogP) is 3.26. The minimum atomic E-state index is -0.472. The Balaban J connectivity index is 1.54. The third kappa shape index (κ3) is 3.82. The Morgan fingerprint density at radius 3 is 2.60 bits per heavy atom. The van der Waals surface area contributed by atoms with Gasteiger partial charge in [-0.25, -0.2) is 4.79 Å². The molecule has 0 spiro atoms. The number of hydrogen-bond donors (Lipinski definition) is 1. The summed E-state index contributed by atoms with van der Waals surface area (Å²) in [5.74, 6) is 0.378.